The lowest BCUT2D eigenvalue weighted by Crippen LogP contribution is -2.37. The molecule has 2 atom stereocenters. The summed E-state index contributed by atoms with van der Waals surface area (Å²) < 4.78 is 11.2. The number of hydrogen-bond acceptors (Lipinski definition) is 3. The van der Waals surface area contributed by atoms with Crippen LogP contribution in [-0.2, 0) is 9.47 Å². The van der Waals surface area contributed by atoms with Crippen molar-refractivity contribution in [2.24, 2.45) is 5.73 Å². The summed E-state index contributed by atoms with van der Waals surface area (Å²) in [5, 5.41) is 0. The molecule has 1 heterocycles. The van der Waals surface area contributed by atoms with Crippen LogP contribution in [0.1, 0.15) is 39.0 Å². The van der Waals surface area contributed by atoms with E-state index in [1.54, 1.807) is 6.92 Å². The van der Waals surface area contributed by atoms with Gasteiger partial charge < -0.3 is 9.47 Å². The first kappa shape index (κ1) is 8.48. The third kappa shape index (κ3) is 1.63. The van der Waals surface area contributed by atoms with E-state index in [1.807, 2.05) is 0 Å². The Bertz CT molecular complexity index is 154. The first-order valence-electron chi connectivity index (χ1n) is 4.82. The molecule has 2 fully saturated rings. The Morgan fingerprint density at radius 1 is 1.08 bits per heavy atom. The normalized spacial score (nSPS) is 48.5. The van der Waals surface area contributed by atoms with Gasteiger partial charge in [0, 0.05) is 6.92 Å². The van der Waals surface area contributed by atoms with Gasteiger partial charge in [-0.2, -0.15) is 0 Å². The Hall–Kier alpha value is -0.120. The average molecular weight is 171 g/mol. The van der Waals surface area contributed by atoms with Crippen molar-refractivity contribution in [2.75, 3.05) is 0 Å². The highest BCUT2D eigenvalue weighted by Gasteiger charge is 2.41. The number of hydrogen-bond donors (Lipinski definition) is 1. The predicted octanol–water partition coefficient (Wildman–Crippen LogP) is 1.37. The Kier molecular flexibility index (Phi) is 2.10. The van der Waals surface area contributed by atoms with Crippen LogP contribution < -0.4 is 5.73 Å². The quantitative estimate of drug-likeness (QED) is 0.598. The molecule has 2 unspecified atom stereocenters. The van der Waals surface area contributed by atoms with Gasteiger partial charge in [-0.3, -0.25) is 5.73 Å². The molecule has 3 nitrogen and oxygen atoms in total. The molecule has 70 valence electrons. The lowest BCUT2D eigenvalue weighted by Gasteiger charge is -2.16. The molecule has 12 heavy (non-hydrogen) atoms. The van der Waals surface area contributed by atoms with E-state index < -0.39 is 5.91 Å². The Morgan fingerprint density at radius 3 is 2.08 bits per heavy atom. The van der Waals surface area contributed by atoms with Gasteiger partial charge in [-0.1, -0.05) is 19.3 Å². The smallest absolute Gasteiger partial charge is 0.222 e. The molecule has 0 aromatic rings. The van der Waals surface area contributed by atoms with Crippen molar-refractivity contribution in [3.63, 3.8) is 0 Å². The SMILES string of the molecule is CC1(N)OC2CCCCCC2O1. The summed E-state index contributed by atoms with van der Waals surface area (Å²) in [5.74, 6) is -0.827. The summed E-state index contributed by atoms with van der Waals surface area (Å²) in [7, 11) is 0. The minimum atomic E-state index is -0.827. The molecule has 3 heteroatoms. The van der Waals surface area contributed by atoms with Gasteiger partial charge in [0.25, 0.3) is 0 Å². The first-order chi connectivity index (χ1) is 5.67. The van der Waals surface area contributed by atoms with Gasteiger partial charge in [0.2, 0.25) is 5.91 Å². The maximum Gasteiger partial charge on any atom is 0.222 e. The van der Waals surface area contributed by atoms with Crippen molar-refractivity contribution in [1.29, 1.82) is 0 Å². The van der Waals surface area contributed by atoms with Crippen LogP contribution in [0.15, 0.2) is 0 Å². The molecule has 2 aliphatic rings. The fourth-order valence-corrected chi connectivity index (χ4v) is 2.14. The number of ether oxygens (including phenoxy) is 2. The molecular weight excluding hydrogens is 154 g/mol. The van der Waals surface area contributed by atoms with Crippen molar-refractivity contribution in [3.8, 4) is 0 Å². The van der Waals surface area contributed by atoms with Gasteiger partial charge in [0.15, 0.2) is 0 Å². The maximum absolute atomic E-state index is 5.74. The third-order valence-corrected chi connectivity index (χ3v) is 2.66. The van der Waals surface area contributed by atoms with Gasteiger partial charge in [0.05, 0.1) is 12.2 Å². The van der Waals surface area contributed by atoms with E-state index in [0.29, 0.717) is 0 Å². The second kappa shape index (κ2) is 2.98. The fourth-order valence-electron chi connectivity index (χ4n) is 2.14. The van der Waals surface area contributed by atoms with Gasteiger partial charge in [-0.25, -0.2) is 0 Å². The van der Waals surface area contributed by atoms with Crippen LogP contribution in [0.3, 0.4) is 0 Å². The third-order valence-electron chi connectivity index (χ3n) is 2.66. The minimum Gasteiger partial charge on any atom is -0.332 e. The van der Waals surface area contributed by atoms with E-state index >= 15 is 0 Å². The maximum atomic E-state index is 5.74. The molecule has 0 amide bonds. The molecular formula is C9H17NO2. The van der Waals surface area contributed by atoms with Crippen molar-refractivity contribution >= 4 is 0 Å². The van der Waals surface area contributed by atoms with E-state index in [-0.39, 0.29) is 12.2 Å². The number of rotatable bonds is 0. The molecule has 0 radical (unpaired) electrons. The highest BCUT2D eigenvalue weighted by atomic mass is 16.8. The zero-order chi connectivity index (χ0) is 8.60. The van der Waals surface area contributed by atoms with Crippen LogP contribution >= 0.6 is 0 Å². The Balaban J connectivity index is 2.02. The summed E-state index contributed by atoms with van der Waals surface area (Å²) in [5.41, 5.74) is 5.74. The van der Waals surface area contributed by atoms with E-state index in [9.17, 15) is 0 Å². The fraction of sp³-hybridized carbons (Fsp3) is 1.00. The van der Waals surface area contributed by atoms with E-state index in [2.05, 4.69) is 0 Å². The molecule has 1 aliphatic carbocycles. The van der Waals surface area contributed by atoms with Crippen LogP contribution in [0.5, 0.6) is 0 Å². The van der Waals surface area contributed by atoms with Crippen molar-refractivity contribution in [2.45, 2.75) is 57.1 Å². The first-order valence-corrected chi connectivity index (χ1v) is 4.82. The van der Waals surface area contributed by atoms with E-state index in [0.717, 1.165) is 12.8 Å². The standard InChI is InChI=1S/C9H17NO2/c1-9(10)11-7-5-3-2-4-6-8(7)12-9/h7-8H,2-6,10H2,1H3. The molecule has 1 aliphatic heterocycles. The topological polar surface area (TPSA) is 44.5 Å². The highest BCUT2D eigenvalue weighted by Crippen LogP contribution is 2.33. The average Bonchev–Trinajstić information content (AvgIpc) is 2.17. The summed E-state index contributed by atoms with van der Waals surface area (Å²) in [4.78, 5) is 0. The van der Waals surface area contributed by atoms with Crippen molar-refractivity contribution in [3.05, 3.63) is 0 Å². The summed E-state index contributed by atoms with van der Waals surface area (Å²) in [6.45, 7) is 1.79. The molecule has 0 aromatic carbocycles. The van der Waals surface area contributed by atoms with Gasteiger partial charge in [-0.15, -0.1) is 0 Å². The second-order valence-electron chi connectivity index (χ2n) is 3.97. The van der Waals surface area contributed by atoms with Crippen molar-refractivity contribution < 1.29 is 9.47 Å². The summed E-state index contributed by atoms with van der Waals surface area (Å²) in [6.07, 6.45) is 6.53. The van der Waals surface area contributed by atoms with Gasteiger partial charge in [0.1, 0.15) is 0 Å². The molecule has 0 spiro atoms. The number of nitrogens with two attached hydrogens (primary N) is 1. The monoisotopic (exact) mass is 171 g/mol. The van der Waals surface area contributed by atoms with Crippen molar-refractivity contribution in [1.82, 2.24) is 0 Å². The number of fused-ring (bicyclic) bond motifs is 1. The van der Waals surface area contributed by atoms with Gasteiger partial charge >= 0.3 is 0 Å². The van der Waals surface area contributed by atoms with Crippen LogP contribution in [0.2, 0.25) is 0 Å². The predicted molar refractivity (Wildman–Crippen MR) is 45.4 cm³/mol. The van der Waals surface area contributed by atoms with Gasteiger partial charge in [-0.05, 0) is 12.8 Å². The highest BCUT2D eigenvalue weighted by molar-refractivity contribution is 4.82. The molecule has 0 bridgehead atoms. The molecule has 0 aromatic heterocycles. The largest absolute Gasteiger partial charge is 0.332 e. The molecule has 2 N–H and O–H groups in total. The zero-order valence-electron chi connectivity index (χ0n) is 7.58. The second-order valence-corrected chi connectivity index (χ2v) is 3.97. The van der Waals surface area contributed by atoms with E-state index in [4.69, 9.17) is 15.2 Å². The lowest BCUT2D eigenvalue weighted by molar-refractivity contribution is -0.158. The lowest BCUT2D eigenvalue weighted by atomic mass is 10.1. The van der Waals surface area contributed by atoms with Crippen LogP contribution in [0.4, 0.5) is 0 Å². The minimum absolute atomic E-state index is 0.252. The van der Waals surface area contributed by atoms with E-state index in [1.165, 1.54) is 19.3 Å². The molecule has 1 saturated heterocycles. The molecule has 1 saturated carbocycles. The zero-order valence-corrected chi connectivity index (χ0v) is 7.58. The Labute approximate surface area is 73.2 Å². The molecule has 2 rings (SSSR count). The summed E-state index contributed by atoms with van der Waals surface area (Å²) in [6, 6.07) is 0. The summed E-state index contributed by atoms with van der Waals surface area (Å²) >= 11 is 0. The van der Waals surface area contributed by atoms with Crippen LogP contribution in [-0.4, -0.2) is 18.1 Å². The van der Waals surface area contributed by atoms with Crippen LogP contribution in [0.25, 0.3) is 0 Å². The Morgan fingerprint density at radius 2 is 1.58 bits per heavy atom. The van der Waals surface area contributed by atoms with Crippen LogP contribution in [0, 0.1) is 0 Å².